The van der Waals surface area contributed by atoms with Crippen molar-refractivity contribution in [2.24, 2.45) is 0 Å². The maximum atomic E-state index is 11.8. The third kappa shape index (κ3) is 2.53. The smallest absolute Gasteiger partial charge is 0.355 e. The predicted molar refractivity (Wildman–Crippen MR) is 72.9 cm³/mol. The first-order valence-electron chi connectivity index (χ1n) is 6.24. The molecule has 0 bridgehead atoms. The lowest BCUT2D eigenvalue weighted by Crippen LogP contribution is -2.11. The molecule has 0 spiro atoms. The predicted octanol–water partition coefficient (Wildman–Crippen LogP) is 1.49. The highest BCUT2D eigenvalue weighted by Gasteiger charge is 2.15. The van der Waals surface area contributed by atoms with Gasteiger partial charge in [0.2, 0.25) is 0 Å². The van der Waals surface area contributed by atoms with Crippen LogP contribution in [0.3, 0.4) is 0 Å². The van der Waals surface area contributed by atoms with E-state index in [0.717, 1.165) is 0 Å². The van der Waals surface area contributed by atoms with Crippen LogP contribution in [0.4, 0.5) is 0 Å². The highest BCUT2D eigenvalue weighted by atomic mass is 16.5. The van der Waals surface area contributed by atoms with E-state index in [1.165, 1.54) is 7.11 Å². The SMILES string of the molecule is COC(=O)c1cccc2nnc(COc3cccnc3)n12. The van der Waals surface area contributed by atoms with Crippen molar-refractivity contribution in [3.63, 3.8) is 0 Å². The molecule has 0 radical (unpaired) electrons. The topological polar surface area (TPSA) is 78.6 Å². The molecule has 7 nitrogen and oxygen atoms in total. The van der Waals surface area contributed by atoms with E-state index in [-0.39, 0.29) is 6.61 Å². The van der Waals surface area contributed by atoms with Gasteiger partial charge in [0.05, 0.1) is 13.3 Å². The quantitative estimate of drug-likeness (QED) is 0.675. The van der Waals surface area contributed by atoms with Gasteiger partial charge in [-0.1, -0.05) is 6.07 Å². The molecule has 0 aromatic carbocycles. The number of hydrogen-bond acceptors (Lipinski definition) is 6. The molecule has 0 aliphatic rings. The molecule has 0 N–H and O–H groups in total. The Bertz CT molecular complexity index is 770. The summed E-state index contributed by atoms with van der Waals surface area (Å²) in [6.07, 6.45) is 3.26. The summed E-state index contributed by atoms with van der Waals surface area (Å²) in [5.41, 5.74) is 0.910. The van der Waals surface area contributed by atoms with Gasteiger partial charge in [-0.25, -0.2) is 4.79 Å². The fourth-order valence-corrected chi connectivity index (χ4v) is 1.94. The molecule has 21 heavy (non-hydrogen) atoms. The number of fused-ring (bicyclic) bond motifs is 1. The number of rotatable bonds is 4. The third-order valence-corrected chi connectivity index (χ3v) is 2.89. The van der Waals surface area contributed by atoms with Crippen molar-refractivity contribution >= 4 is 11.6 Å². The van der Waals surface area contributed by atoms with Gasteiger partial charge in [-0.15, -0.1) is 10.2 Å². The van der Waals surface area contributed by atoms with E-state index in [1.54, 1.807) is 47.1 Å². The summed E-state index contributed by atoms with van der Waals surface area (Å²) in [5, 5.41) is 8.07. The summed E-state index contributed by atoms with van der Waals surface area (Å²) in [5.74, 6) is 0.669. The van der Waals surface area contributed by atoms with Crippen molar-refractivity contribution < 1.29 is 14.3 Å². The zero-order chi connectivity index (χ0) is 14.7. The molecule has 0 aliphatic heterocycles. The maximum absolute atomic E-state index is 11.8. The zero-order valence-corrected chi connectivity index (χ0v) is 11.3. The number of methoxy groups -OCH3 is 1. The van der Waals surface area contributed by atoms with Crippen molar-refractivity contribution in [3.8, 4) is 5.75 Å². The number of aromatic nitrogens is 4. The number of esters is 1. The van der Waals surface area contributed by atoms with E-state index >= 15 is 0 Å². The number of ether oxygens (including phenoxy) is 2. The van der Waals surface area contributed by atoms with Crippen LogP contribution in [0.1, 0.15) is 16.3 Å². The van der Waals surface area contributed by atoms with Crippen LogP contribution in [0.15, 0.2) is 42.7 Å². The van der Waals surface area contributed by atoms with Gasteiger partial charge in [0.15, 0.2) is 11.5 Å². The van der Waals surface area contributed by atoms with Crippen molar-refractivity contribution in [3.05, 3.63) is 54.2 Å². The molecular weight excluding hydrogens is 272 g/mol. The lowest BCUT2D eigenvalue weighted by atomic mass is 10.3. The average Bonchev–Trinajstić information content (AvgIpc) is 2.96. The first kappa shape index (κ1) is 13.0. The average molecular weight is 284 g/mol. The van der Waals surface area contributed by atoms with Crippen LogP contribution in [0.5, 0.6) is 5.75 Å². The second-order valence-corrected chi connectivity index (χ2v) is 4.19. The molecule has 0 atom stereocenters. The number of pyridine rings is 2. The summed E-state index contributed by atoms with van der Waals surface area (Å²) in [6.45, 7) is 0.168. The molecule has 7 heteroatoms. The summed E-state index contributed by atoms with van der Waals surface area (Å²) >= 11 is 0. The molecule has 0 aliphatic carbocycles. The molecule has 3 heterocycles. The maximum Gasteiger partial charge on any atom is 0.355 e. The highest BCUT2D eigenvalue weighted by Crippen LogP contribution is 2.13. The molecule has 3 rings (SSSR count). The highest BCUT2D eigenvalue weighted by molar-refractivity contribution is 5.88. The van der Waals surface area contributed by atoms with Gasteiger partial charge in [-0.3, -0.25) is 9.38 Å². The minimum atomic E-state index is -0.456. The van der Waals surface area contributed by atoms with E-state index < -0.39 is 5.97 Å². The molecule has 3 aromatic rings. The van der Waals surface area contributed by atoms with Crippen molar-refractivity contribution in [1.82, 2.24) is 19.6 Å². The first-order chi connectivity index (χ1) is 10.3. The number of carbonyl (C=O) groups is 1. The number of hydrogen-bond donors (Lipinski definition) is 0. The summed E-state index contributed by atoms with van der Waals surface area (Å²) < 4.78 is 12.0. The number of carbonyl (C=O) groups excluding carboxylic acids is 1. The fraction of sp³-hybridized carbons (Fsp3) is 0.143. The molecule has 106 valence electrons. The van der Waals surface area contributed by atoms with Crippen LogP contribution in [0, 0.1) is 0 Å². The third-order valence-electron chi connectivity index (χ3n) is 2.89. The lowest BCUT2D eigenvalue weighted by molar-refractivity contribution is 0.0591. The summed E-state index contributed by atoms with van der Waals surface area (Å²) in [7, 11) is 1.33. The summed E-state index contributed by atoms with van der Waals surface area (Å²) in [4.78, 5) is 15.8. The van der Waals surface area contributed by atoms with E-state index in [4.69, 9.17) is 9.47 Å². The van der Waals surface area contributed by atoms with Gasteiger partial charge in [0.1, 0.15) is 18.1 Å². The largest absolute Gasteiger partial charge is 0.484 e. The Morgan fingerprint density at radius 3 is 2.90 bits per heavy atom. The van der Waals surface area contributed by atoms with E-state index in [1.807, 2.05) is 0 Å². The van der Waals surface area contributed by atoms with Crippen LogP contribution >= 0.6 is 0 Å². The second-order valence-electron chi connectivity index (χ2n) is 4.19. The molecule has 0 saturated carbocycles. The molecule has 0 saturated heterocycles. The van der Waals surface area contributed by atoms with Gasteiger partial charge in [-0.2, -0.15) is 0 Å². The molecular formula is C14H12N4O3. The van der Waals surface area contributed by atoms with E-state index in [0.29, 0.717) is 22.9 Å². The monoisotopic (exact) mass is 284 g/mol. The normalized spacial score (nSPS) is 10.5. The molecule has 0 fully saturated rings. The van der Waals surface area contributed by atoms with Gasteiger partial charge < -0.3 is 9.47 Å². The van der Waals surface area contributed by atoms with Gasteiger partial charge in [-0.05, 0) is 24.3 Å². The van der Waals surface area contributed by atoms with E-state index in [2.05, 4.69) is 15.2 Å². The van der Waals surface area contributed by atoms with Gasteiger partial charge >= 0.3 is 5.97 Å². The summed E-state index contributed by atoms with van der Waals surface area (Å²) in [6, 6.07) is 8.69. The van der Waals surface area contributed by atoms with Crippen LogP contribution in [-0.4, -0.2) is 32.7 Å². The standard InChI is InChI=1S/C14H12N4O3/c1-20-14(19)11-5-2-6-12-16-17-13(18(11)12)9-21-10-4-3-7-15-8-10/h2-8H,9H2,1H3. The Balaban J connectivity index is 1.94. The van der Waals surface area contributed by atoms with Crippen LogP contribution < -0.4 is 4.74 Å². The Morgan fingerprint density at radius 1 is 1.24 bits per heavy atom. The van der Waals surface area contributed by atoms with Crippen LogP contribution in [-0.2, 0) is 11.3 Å². The van der Waals surface area contributed by atoms with Crippen LogP contribution in [0.2, 0.25) is 0 Å². The molecule has 3 aromatic heterocycles. The number of nitrogens with zero attached hydrogens (tertiary/aromatic N) is 4. The minimum absolute atomic E-state index is 0.168. The van der Waals surface area contributed by atoms with Crippen molar-refractivity contribution in [2.45, 2.75) is 6.61 Å². The van der Waals surface area contributed by atoms with Gasteiger partial charge in [0.25, 0.3) is 0 Å². The second kappa shape index (κ2) is 5.58. The zero-order valence-electron chi connectivity index (χ0n) is 11.3. The minimum Gasteiger partial charge on any atom is -0.484 e. The van der Waals surface area contributed by atoms with Crippen LogP contribution in [0.25, 0.3) is 5.65 Å². The Morgan fingerprint density at radius 2 is 2.14 bits per heavy atom. The molecule has 0 amide bonds. The fourth-order valence-electron chi connectivity index (χ4n) is 1.94. The first-order valence-corrected chi connectivity index (χ1v) is 6.24. The molecule has 0 unspecified atom stereocenters. The van der Waals surface area contributed by atoms with E-state index in [9.17, 15) is 4.79 Å². The van der Waals surface area contributed by atoms with Crippen molar-refractivity contribution in [2.75, 3.05) is 7.11 Å². The lowest BCUT2D eigenvalue weighted by Gasteiger charge is -2.07. The van der Waals surface area contributed by atoms with Crippen molar-refractivity contribution in [1.29, 1.82) is 0 Å². The van der Waals surface area contributed by atoms with Gasteiger partial charge in [0, 0.05) is 6.20 Å². The Kier molecular flexibility index (Phi) is 3.46. The Labute approximate surface area is 120 Å². The Hall–Kier alpha value is -2.96.